The highest BCUT2D eigenvalue weighted by Gasteiger charge is 2.19. The standard InChI is InChI=1S/C19H23N5O2/c1-5-12(4)24-15(20)13(18(25)21-6-2)10-14-17(24)22-16-11(3)8-7-9-23(16)19(14)26/h7-10,12,20H,5-6H2,1-4H3,(H,21,25)/t12-/m0/s1. The first-order valence-corrected chi connectivity index (χ1v) is 8.80. The summed E-state index contributed by atoms with van der Waals surface area (Å²) in [5.74, 6) is -0.356. The van der Waals surface area contributed by atoms with Crippen molar-refractivity contribution in [2.75, 3.05) is 6.54 Å². The van der Waals surface area contributed by atoms with Crippen LogP contribution in [0.2, 0.25) is 0 Å². The fourth-order valence-electron chi connectivity index (χ4n) is 3.10. The molecule has 3 aromatic heterocycles. The van der Waals surface area contributed by atoms with Crippen molar-refractivity contribution in [3.8, 4) is 0 Å². The van der Waals surface area contributed by atoms with Crippen LogP contribution in [0.5, 0.6) is 0 Å². The van der Waals surface area contributed by atoms with Gasteiger partial charge in [0, 0.05) is 18.8 Å². The molecule has 0 unspecified atom stereocenters. The molecule has 0 spiro atoms. The van der Waals surface area contributed by atoms with Crippen molar-refractivity contribution in [3.05, 3.63) is 51.4 Å². The lowest BCUT2D eigenvalue weighted by Crippen LogP contribution is -2.36. The summed E-state index contributed by atoms with van der Waals surface area (Å²) in [6.07, 6.45) is 2.42. The fraction of sp³-hybridized carbons (Fsp3) is 0.368. The van der Waals surface area contributed by atoms with Crippen molar-refractivity contribution in [1.82, 2.24) is 19.3 Å². The molecular weight excluding hydrogens is 330 g/mol. The molecular formula is C19H23N5O2. The Hall–Kier alpha value is -2.96. The number of amides is 1. The molecule has 0 aliphatic rings. The molecule has 7 nitrogen and oxygen atoms in total. The Labute approximate surface area is 150 Å². The van der Waals surface area contributed by atoms with Gasteiger partial charge in [0.2, 0.25) is 0 Å². The number of rotatable bonds is 4. The molecule has 0 saturated carbocycles. The molecule has 0 radical (unpaired) electrons. The molecule has 7 heteroatoms. The lowest BCUT2D eigenvalue weighted by Gasteiger charge is -2.19. The molecule has 3 heterocycles. The molecule has 26 heavy (non-hydrogen) atoms. The second kappa shape index (κ2) is 6.74. The molecule has 0 fully saturated rings. The lowest BCUT2D eigenvalue weighted by molar-refractivity contribution is 0.0953. The van der Waals surface area contributed by atoms with E-state index in [-0.39, 0.29) is 28.6 Å². The first-order valence-electron chi connectivity index (χ1n) is 8.80. The zero-order valence-corrected chi connectivity index (χ0v) is 15.5. The number of nitrogens with zero attached hydrogens (tertiary/aromatic N) is 3. The highest BCUT2D eigenvalue weighted by Crippen LogP contribution is 2.17. The Balaban J connectivity index is 2.53. The van der Waals surface area contributed by atoms with Gasteiger partial charge in [-0.25, -0.2) is 4.98 Å². The third-order valence-electron chi connectivity index (χ3n) is 4.69. The maximum atomic E-state index is 13.1. The molecule has 2 N–H and O–H groups in total. The topological polar surface area (TPSA) is 92.2 Å². The number of aromatic nitrogens is 3. The lowest BCUT2D eigenvalue weighted by atomic mass is 10.1. The van der Waals surface area contributed by atoms with Gasteiger partial charge in [0.25, 0.3) is 11.5 Å². The van der Waals surface area contributed by atoms with Gasteiger partial charge in [0.1, 0.15) is 16.8 Å². The predicted molar refractivity (Wildman–Crippen MR) is 101 cm³/mol. The molecule has 3 rings (SSSR count). The van der Waals surface area contributed by atoms with E-state index in [2.05, 4.69) is 10.3 Å². The van der Waals surface area contributed by atoms with E-state index in [1.807, 2.05) is 33.8 Å². The average molecular weight is 353 g/mol. The molecule has 1 amide bonds. The van der Waals surface area contributed by atoms with E-state index in [1.54, 1.807) is 16.8 Å². The van der Waals surface area contributed by atoms with Gasteiger partial charge in [-0.15, -0.1) is 0 Å². The van der Waals surface area contributed by atoms with Gasteiger partial charge < -0.3 is 9.88 Å². The number of pyridine rings is 2. The van der Waals surface area contributed by atoms with Crippen molar-refractivity contribution < 1.29 is 4.79 Å². The van der Waals surface area contributed by atoms with E-state index in [0.29, 0.717) is 23.2 Å². The van der Waals surface area contributed by atoms with E-state index in [4.69, 9.17) is 5.41 Å². The molecule has 0 saturated heterocycles. The normalized spacial score (nSPS) is 12.5. The van der Waals surface area contributed by atoms with Crippen molar-refractivity contribution in [2.45, 2.75) is 40.2 Å². The highest BCUT2D eigenvalue weighted by molar-refractivity contribution is 5.96. The van der Waals surface area contributed by atoms with Crippen molar-refractivity contribution in [2.24, 2.45) is 0 Å². The van der Waals surface area contributed by atoms with Crippen molar-refractivity contribution >= 4 is 22.6 Å². The van der Waals surface area contributed by atoms with Gasteiger partial charge >= 0.3 is 0 Å². The number of carbonyl (C=O) groups excluding carboxylic acids is 1. The van der Waals surface area contributed by atoms with Gasteiger partial charge in [-0.3, -0.25) is 19.4 Å². The van der Waals surface area contributed by atoms with Gasteiger partial charge in [0.05, 0.1) is 10.9 Å². The van der Waals surface area contributed by atoms with Crippen LogP contribution in [0.4, 0.5) is 0 Å². The summed E-state index contributed by atoms with van der Waals surface area (Å²) in [5, 5.41) is 11.6. The predicted octanol–water partition coefficient (Wildman–Crippen LogP) is 2.16. The zero-order valence-electron chi connectivity index (χ0n) is 15.5. The maximum Gasteiger partial charge on any atom is 0.267 e. The van der Waals surface area contributed by atoms with Gasteiger partial charge in [-0.05, 0) is 44.9 Å². The van der Waals surface area contributed by atoms with Gasteiger partial charge in [-0.2, -0.15) is 0 Å². The summed E-state index contributed by atoms with van der Waals surface area (Å²) in [4.78, 5) is 30.2. The number of aryl methyl sites for hydroxylation is 1. The number of carbonyl (C=O) groups is 1. The zero-order chi connectivity index (χ0) is 19.0. The Morgan fingerprint density at radius 2 is 2.08 bits per heavy atom. The summed E-state index contributed by atoms with van der Waals surface area (Å²) in [6.45, 7) is 8.12. The fourth-order valence-corrected chi connectivity index (χ4v) is 3.10. The van der Waals surface area contributed by atoms with E-state index in [9.17, 15) is 9.59 Å². The second-order valence-corrected chi connectivity index (χ2v) is 6.43. The molecule has 0 aliphatic carbocycles. The van der Waals surface area contributed by atoms with Crippen LogP contribution in [-0.4, -0.2) is 26.4 Å². The molecule has 3 aromatic rings. The van der Waals surface area contributed by atoms with Crippen LogP contribution < -0.4 is 16.4 Å². The maximum absolute atomic E-state index is 13.1. The third kappa shape index (κ3) is 2.69. The quantitative estimate of drug-likeness (QED) is 0.704. The largest absolute Gasteiger partial charge is 0.352 e. The Morgan fingerprint density at radius 1 is 1.35 bits per heavy atom. The summed E-state index contributed by atoms with van der Waals surface area (Å²) >= 11 is 0. The van der Waals surface area contributed by atoms with E-state index < -0.39 is 0 Å². The van der Waals surface area contributed by atoms with Crippen LogP contribution >= 0.6 is 0 Å². The van der Waals surface area contributed by atoms with Crippen LogP contribution in [0.1, 0.15) is 49.2 Å². The summed E-state index contributed by atoms with van der Waals surface area (Å²) in [5.41, 5.74) is 1.90. The number of hydrogen-bond donors (Lipinski definition) is 2. The third-order valence-corrected chi connectivity index (χ3v) is 4.69. The smallest absolute Gasteiger partial charge is 0.267 e. The molecule has 1 atom stereocenters. The monoisotopic (exact) mass is 353 g/mol. The minimum Gasteiger partial charge on any atom is -0.352 e. The first kappa shape index (κ1) is 17.8. The molecule has 0 bridgehead atoms. The summed E-state index contributed by atoms with van der Waals surface area (Å²) < 4.78 is 3.18. The van der Waals surface area contributed by atoms with E-state index in [0.717, 1.165) is 12.0 Å². The van der Waals surface area contributed by atoms with Crippen LogP contribution in [-0.2, 0) is 0 Å². The van der Waals surface area contributed by atoms with Crippen molar-refractivity contribution in [3.63, 3.8) is 0 Å². The van der Waals surface area contributed by atoms with E-state index >= 15 is 0 Å². The van der Waals surface area contributed by atoms with Gasteiger partial charge in [0.15, 0.2) is 0 Å². The Morgan fingerprint density at radius 3 is 2.73 bits per heavy atom. The Bertz CT molecular complexity index is 1130. The average Bonchev–Trinajstić information content (AvgIpc) is 2.62. The second-order valence-electron chi connectivity index (χ2n) is 6.43. The Kier molecular flexibility index (Phi) is 4.63. The number of hydrogen-bond acceptors (Lipinski definition) is 4. The summed E-state index contributed by atoms with van der Waals surface area (Å²) in [7, 11) is 0. The highest BCUT2D eigenvalue weighted by atomic mass is 16.1. The van der Waals surface area contributed by atoms with Crippen LogP contribution in [0, 0.1) is 12.3 Å². The van der Waals surface area contributed by atoms with Crippen LogP contribution in [0.25, 0.3) is 16.7 Å². The van der Waals surface area contributed by atoms with Crippen molar-refractivity contribution in [1.29, 1.82) is 5.41 Å². The SMILES string of the molecule is CCNC(=O)c1cc2c(=O)n3cccc(C)c3nc2n([C@@H](C)CC)c1=N. The van der Waals surface area contributed by atoms with E-state index in [1.165, 1.54) is 10.5 Å². The number of nitrogens with one attached hydrogen (secondary N) is 2. The van der Waals surface area contributed by atoms with Crippen LogP contribution in [0.3, 0.4) is 0 Å². The van der Waals surface area contributed by atoms with Crippen LogP contribution in [0.15, 0.2) is 29.2 Å². The first-order chi connectivity index (χ1) is 12.4. The minimum absolute atomic E-state index is 0.0715. The molecule has 136 valence electrons. The molecule has 0 aliphatic heterocycles. The minimum atomic E-state index is -0.356. The summed E-state index contributed by atoms with van der Waals surface area (Å²) in [6, 6.07) is 5.11. The van der Waals surface area contributed by atoms with Gasteiger partial charge in [-0.1, -0.05) is 13.0 Å². The number of fused-ring (bicyclic) bond motifs is 2. The molecule has 0 aromatic carbocycles.